The van der Waals surface area contributed by atoms with Crippen molar-refractivity contribution in [1.29, 1.82) is 0 Å². The molecule has 2 aromatic rings. The molecule has 4 rings (SSSR count). The molecule has 8 heteroatoms. The number of fused-ring (bicyclic) bond motifs is 1. The minimum Gasteiger partial charge on any atom is -0.490 e. The van der Waals surface area contributed by atoms with Crippen LogP contribution in [0.3, 0.4) is 0 Å². The quantitative estimate of drug-likeness (QED) is 0.308. The van der Waals surface area contributed by atoms with Gasteiger partial charge < -0.3 is 38.6 Å². The second-order valence-electron chi connectivity index (χ2n) is 11.1. The Morgan fingerprint density at radius 2 is 1.77 bits per heavy atom. The van der Waals surface area contributed by atoms with Crippen LogP contribution in [0.1, 0.15) is 36.0 Å². The fraction of sp³-hybridized carbons (Fsp3) is 0.625. The first-order chi connectivity index (χ1) is 19.6. The number of methoxy groups -OCH3 is 3. The van der Waals surface area contributed by atoms with Gasteiger partial charge in [0.25, 0.3) is 0 Å². The van der Waals surface area contributed by atoms with Gasteiger partial charge in [0, 0.05) is 65.3 Å². The maximum atomic E-state index is 6.65. The summed E-state index contributed by atoms with van der Waals surface area (Å²) in [6.45, 7) is 10.4. The molecule has 0 radical (unpaired) electrons. The molecule has 1 saturated heterocycles. The minimum atomic E-state index is 0.0379. The molecule has 2 aliphatic rings. The van der Waals surface area contributed by atoms with Crippen molar-refractivity contribution in [2.45, 2.75) is 38.6 Å². The van der Waals surface area contributed by atoms with Gasteiger partial charge >= 0.3 is 0 Å². The predicted molar refractivity (Wildman–Crippen MR) is 157 cm³/mol. The van der Waals surface area contributed by atoms with Crippen LogP contribution in [0.15, 0.2) is 42.5 Å². The fourth-order valence-corrected chi connectivity index (χ4v) is 5.78. The van der Waals surface area contributed by atoms with E-state index in [0.717, 1.165) is 56.2 Å². The summed E-state index contributed by atoms with van der Waals surface area (Å²) in [5.41, 5.74) is 4.76. The molecule has 0 bridgehead atoms. The van der Waals surface area contributed by atoms with Crippen LogP contribution in [0.2, 0.25) is 0 Å². The highest BCUT2D eigenvalue weighted by atomic mass is 16.5. The second-order valence-corrected chi connectivity index (χ2v) is 11.1. The lowest BCUT2D eigenvalue weighted by atomic mass is 9.79. The average Bonchev–Trinajstić information content (AvgIpc) is 2.97. The standard InChI is InChI=1S/C32H48N2O6/c1-24(19-36-3)20-38-21-25-6-9-27(10-7-25)32-28(23-37-4)17-33-18-31(32)40-22-26-8-11-30-29(16-26)34(13-15-39-30)12-5-14-35-2/h6-11,16,24,28,31-33H,5,12-15,17-23H2,1-4H3/t24-,28-,31-,32-/m0/s1. The number of ether oxygens (including phenoxy) is 6. The molecule has 4 atom stereocenters. The van der Waals surface area contributed by atoms with Crippen molar-refractivity contribution in [2.75, 3.05) is 85.4 Å². The maximum Gasteiger partial charge on any atom is 0.142 e. The van der Waals surface area contributed by atoms with Crippen LogP contribution in [-0.4, -0.2) is 86.6 Å². The summed E-state index contributed by atoms with van der Waals surface area (Å²) in [7, 11) is 5.26. The van der Waals surface area contributed by atoms with Crippen LogP contribution >= 0.6 is 0 Å². The third-order valence-electron chi connectivity index (χ3n) is 7.75. The highest BCUT2D eigenvalue weighted by Crippen LogP contribution is 2.35. The molecule has 2 aromatic carbocycles. The molecule has 2 aliphatic heterocycles. The molecular formula is C32H48N2O6. The van der Waals surface area contributed by atoms with Gasteiger partial charge in [-0.1, -0.05) is 37.3 Å². The Balaban J connectivity index is 1.41. The summed E-state index contributed by atoms with van der Waals surface area (Å²) < 4.78 is 34.6. The summed E-state index contributed by atoms with van der Waals surface area (Å²) in [5.74, 6) is 1.90. The lowest BCUT2D eigenvalue weighted by Gasteiger charge is -2.39. The van der Waals surface area contributed by atoms with Crippen LogP contribution in [0, 0.1) is 11.8 Å². The van der Waals surface area contributed by atoms with Crippen LogP contribution < -0.4 is 15.0 Å². The number of hydrogen-bond donors (Lipinski definition) is 1. The summed E-state index contributed by atoms with van der Waals surface area (Å²) in [4.78, 5) is 2.39. The van der Waals surface area contributed by atoms with Crippen LogP contribution in [-0.2, 0) is 36.9 Å². The first-order valence-corrected chi connectivity index (χ1v) is 14.6. The van der Waals surface area contributed by atoms with Crippen molar-refractivity contribution in [3.05, 3.63) is 59.2 Å². The Labute approximate surface area is 240 Å². The number of rotatable bonds is 16. The Bertz CT molecular complexity index is 1000. The molecule has 0 saturated carbocycles. The molecule has 0 amide bonds. The molecule has 40 heavy (non-hydrogen) atoms. The number of nitrogens with one attached hydrogen (secondary N) is 1. The van der Waals surface area contributed by atoms with E-state index in [0.29, 0.717) is 51.5 Å². The van der Waals surface area contributed by atoms with Gasteiger partial charge in [-0.3, -0.25) is 0 Å². The summed E-state index contributed by atoms with van der Waals surface area (Å²) in [6.07, 6.45) is 1.03. The van der Waals surface area contributed by atoms with E-state index in [1.54, 1.807) is 21.3 Å². The average molecular weight is 557 g/mol. The van der Waals surface area contributed by atoms with Crippen molar-refractivity contribution >= 4 is 5.69 Å². The molecule has 222 valence electrons. The van der Waals surface area contributed by atoms with E-state index < -0.39 is 0 Å². The number of benzene rings is 2. The van der Waals surface area contributed by atoms with E-state index in [1.165, 1.54) is 11.1 Å². The van der Waals surface area contributed by atoms with Gasteiger partial charge in [-0.25, -0.2) is 0 Å². The Hall–Kier alpha value is -2.20. The van der Waals surface area contributed by atoms with Gasteiger partial charge in [-0.2, -0.15) is 0 Å². The molecular weight excluding hydrogens is 508 g/mol. The number of anilines is 1. The molecule has 0 spiro atoms. The van der Waals surface area contributed by atoms with Gasteiger partial charge in [-0.05, 0) is 35.2 Å². The van der Waals surface area contributed by atoms with Crippen LogP contribution in [0.25, 0.3) is 0 Å². The first-order valence-electron chi connectivity index (χ1n) is 14.6. The molecule has 1 fully saturated rings. The highest BCUT2D eigenvalue weighted by molar-refractivity contribution is 5.61. The third-order valence-corrected chi connectivity index (χ3v) is 7.75. The summed E-state index contributed by atoms with van der Waals surface area (Å²) >= 11 is 0. The largest absolute Gasteiger partial charge is 0.490 e. The van der Waals surface area contributed by atoms with Gasteiger partial charge in [0.1, 0.15) is 12.4 Å². The molecule has 0 unspecified atom stereocenters. The van der Waals surface area contributed by atoms with E-state index in [1.807, 2.05) is 0 Å². The lowest BCUT2D eigenvalue weighted by molar-refractivity contribution is -0.0193. The highest BCUT2D eigenvalue weighted by Gasteiger charge is 2.35. The SMILES string of the molecule is COCCCN1CCOc2ccc(CO[C@H]3CNC[C@@H](COC)[C@@H]3c3ccc(COC[C@@H](C)COC)cc3)cc21. The van der Waals surface area contributed by atoms with E-state index in [4.69, 9.17) is 28.4 Å². The number of hydrogen-bond acceptors (Lipinski definition) is 8. The molecule has 0 aliphatic carbocycles. The van der Waals surface area contributed by atoms with Crippen molar-refractivity contribution in [3.63, 3.8) is 0 Å². The first kappa shape index (κ1) is 30.8. The summed E-state index contributed by atoms with van der Waals surface area (Å²) in [6, 6.07) is 15.3. The lowest BCUT2D eigenvalue weighted by Crippen LogP contribution is -2.48. The smallest absolute Gasteiger partial charge is 0.142 e. The Kier molecular flexibility index (Phi) is 12.5. The van der Waals surface area contributed by atoms with Crippen molar-refractivity contribution in [3.8, 4) is 5.75 Å². The van der Waals surface area contributed by atoms with Crippen LogP contribution in [0.4, 0.5) is 5.69 Å². The zero-order valence-electron chi connectivity index (χ0n) is 24.7. The van der Waals surface area contributed by atoms with Gasteiger partial charge in [0.05, 0.1) is 51.4 Å². The van der Waals surface area contributed by atoms with Crippen molar-refractivity contribution in [2.24, 2.45) is 11.8 Å². The van der Waals surface area contributed by atoms with E-state index >= 15 is 0 Å². The second kappa shape index (κ2) is 16.3. The van der Waals surface area contributed by atoms with Gasteiger partial charge in [0.15, 0.2) is 0 Å². The van der Waals surface area contributed by atoms with Crippen LogP contribution in [0.5, 0.6) is 5.75 Å². The molecule has 1 N–H and O–H groups in total. The topological polar surface area (TPSA) is 70.7 Å². The summed E-state index contributed by atoms with van der Waals surface area (Å²) in [5, 5.41) is 3.58. The monoisotopic (exact) mass is 556 g/mol. The predicted octanol–water partition coefficient (Wildman–Crippen LogP) is 4.26. The van der Waals surface area contributed by atoms with Crippen molar-refractivity contribution in [1.82, 2.24) is 5.32 Å². The van der Waals surface area contributed by atoms with Gasteiger partial charge in [-0.15, -0.1) is 0 Å². The maximum absolute atomic E-state index is 6.65. The van der Waals surface area contributed by atoms with E-state index in [-0.39, 0.29) is 12.0 Å². The third kappa shape index (κ3) is 8.65. The Morgan fingerprint density at radius 3 is 2.55 bits per heavy atom. The molecule has 0 aromatic heterocycles. The van der Waals surface area contributed by atoms with Crippen molar-refractivity contribution < 1.29 is 28.4 Å². The minimum absolute atomic E-state index is 0.0379. The Morgan fingerprint density at radius 1 is 0.950 bits per heavy atom. The fourth-order valence-electron chi connectivity index (χ4n) is 5.78. The number of nitrogens with zero attached hydrogens (tertiary/aromatic N) is 1. The van der Waals surface area contributed by atoms with Gasteiger partial charge in [0.2, 0.25) is 0 Å². The molecule has 2 heterocycles. The van der Waals surface area contributed by atoms with E-state index in [9.17, 15) is 0 Å². The zero-order chi connectivity index (χ0) is 28.2. The van der Waals surface area contributed by atoms with E-state index in [2.05, 4.69) is 59.6 Å². The molecule has 8 nitrogen and oxygen atoms in total. The normalized spacial score (nSPS) is 21.6. The number of piperidine rings is 1. The zero-order valence-corrected chi connectivity index (χ0v) is 24.7.